The molecule has 3 rings (SSSR count). The van der Waals surface area contributed by atoms with E-state index in [2.05, 4.69) is 4.57 Å². The number of aromatic nitrogens is 1. The number of carbonyl (C=O) groups is 1. The Hall–Kier alpha value is -2.27. The predicted molar refractivity (Wildman–Crippen MR) is 83.6 cm³/mol. The van der Waals surface area contributed by atoms with Crippen LogP contribution in [-0.4, -0.2) is 22.8 Å². The second-order valence-electron chi connectivity index (χ2n) is 4.87. The standard InChI is InChI=1S/C16H15NO3S/c1-10-12(8-15(21-10)16(18)19)9-17-6-5-11-7-13(20-2)3-4-14(11)17/h3-8H,9H2,1-2H3,(H,18,19). The molecule has 0 bridgehead atoms. The van der Waals surface area contributed by atoms with Crippen molar-refractivity contribution in [2.75, 3.05) is 7.11 Å². The maximum atomic E-state index is 11.0. The fourth-order valence-electron chi connectivity index (χ4n) is 2.41. The van der Waals surface area contributed by atoms with E-state index >= 15 is 0 Å². The molecule has 0 aliphatic heterocycles. The van der Waals surface area contributed by atoms with E-state index < -0.39 is 5.97 Å². The van der Waals surface area contributed by atoms with Crippen molar-refractivity contribution in [1.29, 1.82) is 0 Å². The van der Waals surface area contributed by atoms with Gasteiger partial charge in [0.1, 0.15) is 10.6 Å². The largest absolute Gasteiger partial charge is 0.497 e. The van der Waals surface area contributed by atoms with Gasteiger partial charge in [-0.2, -0.15) is 0 Å². The molecule has 3 aromatic rings. The first-order valence-corrected chi connectivity index (χ1v) is 7.35. The maximum Gasteiger partial charge on any atom is 0.345 e. The van der Waals surface area contributed by atoms with E-state index in [1.807, 2.05) is 37.4 Å². The van der Waals surface area contributed by atoms with Crippen LogP contribution in [0.1, 0.15) is 20.1 Å². The molecule has 0 saturated carbocycles. The average molecular weight is 301 g/mol. The van der Waals surface area contributed by atoms with Crippen LogP contribution in [0.4, 0.5) is 0 Å². The van der Waals surface area contributed by atoms with Gasteiger partial charge in [0.25, 0.3) is 0 Å². The summed E-state index contributed by atoms with van der Waals surface area (Å²) in [5.41, 5.74) is 2.16. The van der Waals surface area contributed by atoms with Crippen LogP contribution >= 0.6 is 11.3 Å². The lowest BCUT2D eigenvalue weighted by Crippen LogP contribution is -1.98. The van der Waals surface area contributed by atoms with Crippen LogP contribution in [0.25, 0.3) is 10.9 Å². The molecule has 0 unspecified atom stereocenters. The Morgan fingerprint density at radius 3 is 2.81 bits per heavy atom. The van der Waals surface area contributed by atoms with Crippen LogP contribution in [0.2, 0.25) is 0 Å². The van der Waals surface area contributed by atoms with Gasteiger partial charge < -0.3 is 14.4 Å². The van der Waals surface area contributed by atoms with Gasteiger partial charge in [-0.05, 0) is 42.8 Å². The Morgan fingerprint density at radius 2 is 2.14 bits per heavy atom. The molecular weight excluding hydrogens is 286 g/mol. The highest BCUT2D eigenvalue weighted by Gasteiger charge is 2.12. The number of thiophene rings is 1. The Labute approximate surface area is 126 Å². The second kappa shape index (κ2) is 5.26. The SMILES string of the molecule is COc1ccc2c(ccn2Cc2cc(C(=O)O)sc2C)c1. The number of carboxylic acids is 1. The van der Waals surface area contributed by atoms with Gasteiger partial charge in [0.15, 0.2) is 0 Å². The molecule has 0 radical (unpaired) electrons. The van der Waals surface area contributed by atoms with Crippen LogP contribution in [-0.2, 0) is 6.54 Å². The number of aryl methyl sites for hydroxylation is 1. The molecule has 0 spiro atoms. The third kappa shape index (κ3) is 2.52. The lowest BCUT2D eigenvalue weighted by Gasteiger charge is -2.06. The lowest BCUT2D eigenvalue weighted by atomic mass is 10.2. The molecule has 0 fully saturated rings. The summed E-state index contributed by atoms with van der Waals surface area (Å²) in [6.07, 6.45) is 2.02. The van der Waals surface area contributed by atoms with Gasteiger partial charge >= 0.3 is 5.97 Å². The molecule has 0 atom stereocenters. The Bertz CT molecular complexity index is 816. The van der Waals surface area contributed by atoms with Crippen LogP contribution in [0.5, 0.6) is 5.75 Å². The topological polar surface area (TPSA) is 51.5 Å². The number of nitrogens with zero attached hydrogens (tertiary/aromatic N) is 1. The summed E-state index contributed by atoms with van der Waals surface area (Å²) < 4.78 is 7.35. The molecule has 2 aromatic heterocycles. The number of rotatable bonds is 4. The number of carboxylic acid groups (broad SMARTS) is 1. The highest BCUT2D eigenvalue weighted by atomic mass is 32.1. The van der Waals surface area contributed by atoms with Crippen LogP contribution in [0.3, 0.4) is 0 Å². The predicted octanol–water partition coefficient (Wildman–Crippen LogP) is 3.77. The number of hydrogen-bond donors (Lipinski definition) is 1. The number of methoxy groups -OCH3 is 1. The van der Waals surface area contributed by atoms with Crippen molar-refractivity contribution in [2.24, 2.45) is 0 Å². The zero-order valence-electron chi connectivity index (χ0n) is 11.8. The Kier molecular flexibility index (Phi) is 3.43. The van der Waals surface area contributed by atoms with Crippen molar-refractivity contribution in [3.8, 4) is 5.75 Å². The monoisotopic (exact) mass is 301 g/mol. The third-order valence-electron chi connectivity index (χ3n) is 3.55. The summed E-state index contributed by atoms with van der Waals surface area (Å²) in [5.74, 6) is -0.0309. The molecule has 0 aliphatic rings. The van der Waals surface area contributed by atoms with Crippen molar-refractivity contribution in [3.63, 3.8) is 0 Å². The number of aromatic carboxylic acids is 1. The molecule has 21 heavy (non-hydrogen) atoms. The summed E-state index contributed by atoms with van der Waals surface area (Å²) in [6, 6.07) is 9.75. The zero-order valence-corrected chi connectivity index (χ0v) is 12.6. The summed E-state index contributed by atoms with van der Waals surface area (Å²) >= 11 is 1.32. The van der Waals surface area contributed by atoms with E-state index in [1.54, 1.807) is 13.2 Å². The van der Waals surface area contributed by atoms with Crippen LogP contribution in [0, 0.1) is 6.92 Å². The van der Waals surface area contributed by atoms with E-state index in [0.717, 1.165) is 27.1 Å². The minimum Gasteiger partial charge on any atom is -0.497 e. The van der Waals surface area contributed by atoms with Crippen LogP contribution in [0.15, 0.2) is 36.5 Å². The fourth-order valence-corrected chi connectivity index (χ4v) is 3.28. The molecule has 1 N–H and O–H groups in total. The van der Waals surface area contributed by atoms with Crippen molar-refractivity contribution < 1.29 is 14.6 Å². The van der Waals surface area contributed by atoms with Gasteiger partial charge in [0.2, 0.25) is 0 Å². The van der Waals surface area contributed by atoms with Gasteiger partial charge in [0, 0.05) is 28.5 Å². The van der Waals surface area contributed by atoms with Gasteiger partial charge in [0.05, 0.1) is 7.11 Å². The number of hydrogen-bond acceptors (Lipinski definition) is 3. The number of benzene rings is 1. The van der Waals surface area contributed by atoms with Gasteiger partial charge in [-0.25, -0.2) is 4.79 Å². The van der Waals surface area contributed by atoms with E-state index in [4.69, 9.17) is 9.84 Å². The van der Waals surface area contributed by atoms with Crippen LogP contribution < -0.4 is 4.74 Å². The van der Waals surface area contributed by atoms with Crippen molar-refractivity contribution in [2.45, 2.75) is 13.5 Å². The first-order chi connectivity index (χ1) is 10.1. The highest BCUT2D eigenvalue weighted by Crippen LogP contribution is 2.26. The van der Waals surface area contributed by atoms with Gasteiger partial charge in [-0.1, -0.05) is 0 Å². The fraction of sp³-hybridized carbons (Fsp3) is 0.188. The second-order valence-corrected chi connectivity index (χ2v) is 6.12. The van der Waals surface area contributed by atoms with Gasteiger partial charge in [-0.15, -0.1) is 11.3 Å². The molecule has 2 heterocycles. The molecule has 0 amide bonds. The van der Waals surface area contributed by atoms with Crippen molar-refractivity contribution in [3.05, 3.63) is 51.8 Å². The quantitative estimate of drug-likeness (QED) is 0.798. The lowest BCUT2D eigenvalue weighted by molar-refractivity contribution is 0.0702. The highest BCUT2D eigenvalue weighted by molar-refractivity contribution is 7.14. The van der Waals surface area contributed by atoms with E-state index in [-0.39, 0.29) is 0 Å². The maximum absolute atomic E-state index is 11.0. The summed E-state index contributed by atoms with van der Waals surface area (Å²) in [4.78, 5) is 12.5. The molecule has 108 valence electrons. The third-order valence-corrected chi connectivity index (χ3v) is 4.63. The molecule has 0 aliphatic carbocycles. The first-order valence-electron chi connectivity index (χ1n) is 6.54. The smallest absolute Gasteiger partial charge is 0.345 e. The Morgan fingerprint density at radius 1 is 1.33 bits per heavy atom. The molecule has 5 heteroatoms. The van der Waals surface area contributed by atoms with Crippen molar-refractivity contribution >= 4 is 28.2 Å². The van der Waals surface area contributed by atoms with E-state index in [0.29, 0.717) is 11.4 Å². The molecular formula is C16H15NO3S. The van der Waals surface area contributed by atoms with Crippen molar-refractivity contribution in [1.82, 2.24) is 4.57 Å². The molecule has 1 aromatic carbocycles. The summed E-state index contributed by atoms with van der Waals surface area (Å²) in [6.45, 7) is 2.63. The number of ether oxygens (including phenoxy) is 1. The van der Waals surface area contributed by atoms with E-state index in [9.17, 15) is 4.79 Å². The average Bonchev–Trinajstić information content (AvgIpc) is 3.03. The zero-order chi connectivity index (χ0) is 15.0. The normalized spacial score (nSPS) is 11.0. The summed E-state index contributed by atoms with van der Waals surface area (Å²) in [5, 5.41) is 10.2. The Balaban J connectivity index is 1.96. The molecule has 0 saturated heterocycles. The number of fused-ring (bicyclic) bond motifs is 1. The van der Waals surface area contributed by atoms with E-state index in [1.165, 1.54) is 11.3 Å². The first kappa shape index (κ1) is 13.7. The minimum atomic E-state index is -0.864. The minimum absolute atomic E-state index is 0.389. The summed E-state index contributed by atoms with van der Waals surface area (Å²) in [7, 11) is 1.65. The molecule has 4 nitrogen and oxygen atoms in total. The van der Waals surface area contributed by atoms with Gasteiger partial charge in [-0.3, -0.25) is 0 Å².